The van der Waals surface area contributed by atoms with Crippen molar-refractivity contribution in [3.8, 4) is 5.75 Å². The zero-order valence-electron chi connectivity index (χ0n) is 13.5. The van der Waals surface area contributed by atoms with Crippen LogP contribution in [0.3, 0.4) is 0 Å². The van der Waals surface area contributed by atoms with Gasteiger partial charge in [-0.1, -0.05) is 12.1 Å². The molecule has 0 aromatic heterocycles. The Hall–Kier alpha value is -0.820. The summed E-state index contributed by atoms with van der Waals surface area (Å²) in [5.74, 6) is 0.890. The van der Waals surface area contributed by atoms with Crippen LogP contribution in [0.2, 0.25) is 0 Å². The molecule has 1 heterocycles. The highest BCUT2D eigenvalue weighted by molar-refractivity contribution is 9.10. The summed E-state index contributed by atoms with van der Waals surface area (Å²) in [6.07, 6.45) is 2.44. The van der Waals surface area contributed by atoms with Crippen LogP contribution < -0.4 is 15.4 Å². The molecule has 3 rings (SSSR count). The lowest BCUT2D eigenvalue weighted by Crippen LogP contribution is -2.38. The molecule has 1 saturated heterocycles. The van der Waals surface area contributed by atoms with E-state index in [-0.39, 0.29) is 42.8 Å². The maximum absolute atomic E-state index is 12.2. The third kappa shape index (κ3) is 4.63. The van der Waals surface area contributed by atoms with Crippen LogP contribution in [0.25, 0.3) is 0 Å². The number of piperidine rings is 1. The van der Waals surface area contributed by atoms with Crippen molar-refractivity contribution >= 4 is 34.2 Å². The fourth-order valence-electron chi connectivity index (χ4n) is 3.34. The van der Waals surface area contributed by atoms with Gasteiger partial charge in [0.15, 0.2) is 0 Å². The molecule has 0 radical (unpaired) electrons. The average molecular weight is 420 g/mol. The number of carbonyl (C=O) groups is 1. The lowest BCUT2D eigenvalue weighted by atomic mass is 9.92. The summed E-state index contributed by atoms with van der Waals surface area (Å²) in [4.78, 5) is 12.2. The number of hydrogen-bond acceptors (Lipinski definition) is 4. The highest BCUT2D eigenvalue weighted by atomic mass is 79.9. The van der Waals surface area contributed by atoms with Gasteiger partial charge in [0.05, 0.1) is 4.47 Å². The van der Waals surface area contributed by atoms with Crippen molar-refractivity contribution in [1.29, 1.82) is 0 Å². The van der Waals surface area contributed by atoms with Crippen molar-refractivity contribution < 1.29 is 14.6 Å². The molecule has 5 nitrogen and oxygen atoms in total. The number of ether oxygens (including phenoxy) is 1. The van der Waals surface area contributed by atoms with E-state index in [4.69, 9.17) is 4.74 Å². The van der Waals surface area contributed by atoms with Crippen molar-refractivity contribution in [3.63, 3.8) is 0 Å². The molecule has 3 N–H and O–H groups in total. The fraction of sp³-hybridized carbons (Fsp3) is 0.588. The highest BCUT2D eigenvalue weighted by Gasteiger charge is 2.57. The maximum Gasteiger partial charge on any atom is 0.223 e. The van der Waals surface area contributed by atoms with E-state index < -0.39 is 6.10 Å². The minimum absolute atomic E-state index is 0. The van der Waals surface area contributed by atoms with Crippen LogP contribution in [0.15, 0.2) is 28.7 Å². The number of aliphatic hydroxyl groups is 1. The van der Waals surface area contributed by atoms with Crippen LogP contribution in [-0.4, -0.2) is 43.4 Å². The fourth-order valence-corrected chi connectivity index (χ4v) is 3.74. The standard InChI is InChI=1S/C17H23BrN2O3.ClH/c18-14-3-1-2-4-15(14)23-11-12(21)10-20-16(22)13-9-17(13)5-7-19-8-6-17;/h1-4,12-13,19,21H,5-11H2,(H,20,22);1H. The van der Waals surface area contributed by atoms with E-state index in [2.05, 4.69) is 26.6 Å². The van der Waals surface area contributed by atoms with Gasteiger partial charge in [0.25, 0.3) is 0 Å². The van der Waals surface area contributed by atoms with E-state index >= 15 is 0 Å². The predicted octanol–water partition coefficient (Wildman–Crippen LogP) is 2.12. The largest absolute Gasteiger partial charge is 0.490 e. The Morgan fingerprint density at radius 3 is 2.83 bits per heavy atom. The molecule has 1 aromatic carbocycles. The van der Waals surface area contributed by atoms with Crippen LogP contribution in [-0.2, 0) is 4.79 Å². The van der Waals surface area contributed by atoms with E-state index in [1.165, 1.54) is 0 Å². The number of rotatable bonds is 6. The third-order valence-corrected chi connectivity index (χ3v) is 5.54. The Kier molecular flexibility index (Phi) is 6.92. The topological polar surface area (TPSA) is 70.6 Å². The number of nitrogens with one attached hydrogen (secondary N) is 2. The normalized spacial score (nSPS) is 22.3. The smallest absolute Gasteiger partial charge is 0.223 e. The number of hydrogen-bond donors (Lipinski definition) is 3. The molecule has 24 heavy (non-hydrogen) atoms. The van der Waals surface area contributed by atoms with Crippen molar-refractivity contribution in [2.75, 3.05) is 26.2 Å². The van der Waals surface area contributed by atoms with Gasteiger partial charge in [-0.2, -0.15) is 0 Å². The minimum atomic E-state index is -0.714. The zero-order chi connectivity index (χ0) is 16.3. The first kappa shape index (κ1) is 19.5. The molecule has 0 bridgehead atoms. The van der Waals surface area contributed by atoms with Crippen molar-refractivity contribution in [2.45, 2.75) is 25.4 Å². The van der Waals surface area contributed by atoms with Crippen LogP contribution >= 0.6 is 28.3 Å². The molecule has 1 aliphatic carbocycles. The summed E-state index contributed by atoms with van der Waals surface area (Å²) in [5, 5.41) is 16.2. The van der Waals surface area contributed by atoms with Crippen LogP contribution in [0.1, 0.15) is 19.3 Å². The van der Waals surface area contributed by atoms with Crippen LogP contribution in [0.4, 0.5) is 0 Å². The molecule has 2 unspecified atom stereocenters. The molecule has 1 aromatic rings. The summed E-state index contributed by atoms with van der Waals surface area (Å²) >= 11 is 3.40. The molecule has 1 spiro atoms. The summed E-state index contributed by atoms with van der Waals surface area (Å²) in [5.41, 5.74) is 0.228. The summed E-state index contributed by atoms with van der Waals surface area (Å²) in [6, 6.07) is 7.50. The minimum Gasteiger partial charge on any atom is -0.490 e. The first-order valence-corrected chi connectivity index (χ1v) is 8.94. The molecule has 1 saturated carbocycles. The zero-order valence-corrected chi connectivity index (χ0v) is 15.9. The average Bonchev–Trinajstić information content (AvgIpc) is 3.25. The van der Waals surface area contributed by atoms with Gasteiger partial charge in [0, 0.05) is 12.5 Å². The second-order valence-electron chi connectivity index (χ2n) is 6.51. The number of benzene rings is 1. The number of aliphatic hydroxyl groups excluding tert-OH is 1. The Morgan fingerprint density at radius 1 is 1.42 bits per heavy atom. The molecule has 2 atom stereocenters. The second-order valence-corrected chi connectivity index (χ2v) is 7.36. The predicted molar refractivity (Wildman–Crippen MR) is 98.5 cm³/mol. The Balaban J connectivity index is 0.00000208. The van der Waals surface area contributed by atoms with Crippen molar-refractivity contribution in [3.05, 3.63) is 28.7 Å². The van der Waals surface area contributed by atoms with Crippen LogP contribution in [0.5, 0.6) is 5.75 Å². The maximum atomic E-state index is 12.2. The van der Waals surface area contributed by atoms with E-state index in [0.29, 0.717) is 5.75 Å². The first-order chi connectivity index (χ1) is 11.1. The molecule has 1 aliphatic heterocycles. The summed E-state index contributed by atoms with van der Waals surface area (Å²) < 4.78 is 6.41. The number of carbonyl (C=O) groups excluding carboxylic acids is 1. The van der Waals surface area contributed by atoms with E-state index in [0.717, 1.165) is 36.8 Å². The second kappa shape index (κ2) is 8.52. The van der Waals surface area contributed by atoms with Gasteiger partial charge < -0.3 is 20.5 Å². The van der Waals surface area contributed by atoms with E-state index in [9.17, 15) is 9.90 Å². The number of amides is 1. The molecular formula is C17H24BrClN2O3. The first-order valence-electron chi connectivity index (χ1n) is 8.14. The Labute approximate surface area is 157 Å². The molecular weight excluding hydrogens is 396 g/mol. The SMILES string of the molecule is Cl.O=C(NCC(O)COc1ccccc1Br)C1CC12CCNCC2. The van der Waals surface area contributed by atoms with E-state index in [1.54, 1.807) is 0 Å². The molecule has 134 valence electrons. The molecule has 7 heteroatoms. The van der Waals surface area contributed by atoms with E-state index in [1.807, 2.05) is 24.3 Å². The summed E-state index contributed by atoms with van der Waals surface area (Å²) in [6.45, 7) is 2.40. The number of para-hydroxylation sites is 1. The quantitative estimate of drug-likeness (QED) is 0.660. The van der Waals surface area contributed by atoms with Gasteiger partial charge in [-0.15, -0.1) is 12.4 Å². The lowest BCUT2D eigenvalue weighted by Gasteiger charge is -2.23. The summed E-state index contributed by atoms with van der Waals surface area (Å²) in [7, 11) is 0. The van der Waals surface area contributed by atoms with Gasteiger partial charge in [-0.25, -0.2) is 0 Å². The molecule has 2 aliphatic rings. The Morgan fingerprint density at radius 2 is 2.12 bits per heavy atom. The van der Waals surface area contributed by atoms with Gasteiger partial charge in [0.2, 0.25) is 5.91 Å². The van der Waals surface area contributed by atoms with Crippen molar-refractivity contribution in [1.82, 2.24) is 10.6 Å². The van der Waals surface area contributed by atoms with Crippen LogP contribution in [0, 0.1) is 11.3 Å². The molecule has 2 fully saturated rings. The van der Waals surface area contributed by atoms with Gasteiger partial charge in [-0.05, 0) is 65.8 Å². The monoisotopic (exact) mass is 418 g/mol. The number of halogens is 2. The van der Waals surface area contributed by atoms with Gasteiger partial charge in [-0.3, -0.25) is 4.79 Å². The van der Waals surface area contributed by atoms with Crippen molar-refractivity contribution in [2.24, 2.45) is 11.3 Å². The lowest BCUT2D eigenvalue weighted by molar-refractivity contribution is -0.123. The van der Waals surface area contributed by atoms with Gasteiger partial charge in [0.1, 0.15) is 18.5 Å². The molecule has 1 amide bonds. The third-order valence-electron chi connectivity index (χ3n) is 4.89. The highest BCUT2D eigenvalue weighted by Crippen LogP contribution is 2.58. The van der Waals surface area contributed by atoms with Gasteiger partial charge >= 0.3 is 0 Å². The Bertz CT molecular complexity index is 567.